The van der Waals surface area contributed by atoms with Crippen molar-refractivity contribution in [2.24, 2.45) is 0 Å². The van der Waals surface area contributed by atoms with Gasteiger partial charge in [-0.2, -0.15) is 5.10 Å². The molecule has 0 bridgehead atoms. The molecule has 0 fully saturated rings. The van der Waals surface area contributed by atoms with Gasteiger partial charge in [-0.05, 0) is 35.7 Å². The Hall–Kier alpha value is -2.40. The number of hydrogen-bond acceptors (Lipinski definition) is 2. The van der Waals surface area contributed by atoms with Crippen LogP contribution in [0.4, 0.5) is 0 Å². The molecule has 0 aliphatic carbocycles. The van der Waals surface area contributed by atoms with Crippen molar-refractivity contribution in [3.8, 4) is 5.69 Å². The van der Waals surface area contributed by atoms with Gasteiger partial charge in [0.2, 0.25) is 5.91 Å². The zero-order valence-electron chi connectivity index (χ0n) is 14.1. The van der Waals surface area contributed by atoms with Crippen molar-refractivity contribution in [1.29, 1.82) is 0 Å². The molecule has 0 N–H and O–H groups in total. The van der Waals surface area contributed by atoms with Crippen LogP contribution >= 0.6 is 15.9 Å². The van der Waals surface area contributed by atoms with Gasteiger partial charge in [0.25, 0.3) is 0 Å². The topological polar surface area (TPSA) is 38.1 Å². The van der Waals surface area contributed by atoms with Crippen molar-refractivity contribution in [3.63, 3.8) is 0 Å². The lowest BCUT2D eigenvalue weighted by Gasteiger charge is -2.18. The Labute approximate surface area is 156 Å². The molecule has 3 rings (SSSR count). The molecule has 25 heavy (non-hydrogen) atoms. The molecule has 1 heterocycles. The number of aromatic nitrogens is 2. The largest absolute Gasteiger partial charge is 0.341 e. The van der Waals surface area contributed by atoms with E-state index in [9.17, 15) is 4.79 Å². The molecule has 0 aliphatic heterocycles. The predicted octanol–water partition coefficient (Wildman–Crippen LogP) is 4.23. The van der Waals surface area contributed by atoms with Crippen LogP contribution in [0.3, 0.4) is 0 Å². The van der Waals surface area contributed by atoms with E-state index in [1.165, 1.54) is 0 Å². The Balaban J connectivity index is 1.55. The smallest absolute Gasteiger partial charge is 0.222 e. The first-order valence-electron chi connectivity index (χ1n) is 8.20. The van der Waals surface area contributed by atoms with Gasteiger partial charge in [-0.1, -0.05) is 52.3 Å². The van der Waals surface area contributed by atoms with Crippen LogP contribution in [-0.2, 0) is 17.8 Å². The number of aryl methyl sites for hydroxylation is 1. The van der Waals surface area contributed by atoms with E-state index in [2.05, 4.69) is 21.0 Å². The van der Waals surface area contributed by atoms with Crippen molar-refractivity contribution in [3.05, 3.63) is 82.6 Å². The lowest BCUT2D eigenvalue weighted by Crippen LogP contribution is -2.26. The number of carbonyl (C=O) groups excluding carboxylic acids is 1. The van der Waals surface area contributed by atoms with Crippen LogP contribution in [-0.4, -0.2) is 27.6 Å². The van der Waals surface area contributed by atoms with E-state index in [0.717, 1.165) is 21.3 Å². The Kier molecular flexibility index (Phi) is 5.66. The highest BCUT2D eigenvalue weighted by Gasteiger charge is 2.11. The van der Waals surface area contributed by atoms with E-state index in [4.69, 9.17) is 0 Å². The highest BCUT2D eigenvalue weighted by Crippen LogP contribution is 2.18. The summed E-state index contributed by atoms with van der Waals surface area (Å²) in [5.74, 6) is 0.128. The summed E-state index contributed by atoms with van der Waals surface area (Å²) in [6.07, 6.45) is 4.97. The summed E-state index contributed by atoms with van der Waals surface area (Å²) in [5.41, 5.74) is 3.19. The maximum Gasteiger partial charge on any atom is 0.222 e. The van der Waals surface area contributed by atoms with E-state index in [-0.39, 0.29) is 5.91 Å². The molecule has 5 heteroatoms. The lowest BCUT2D eigenvalue weighted by molar-refractivity contribution is -0.130. The van der Waals surface area contributed by atoms with Crippen LogP contribution in [0.1, 0.15) is 17.5 Å². The van der Waals surface area contributed by atoms with Gasteiger partial charge >= 0.3 is 0 Å². The molecule has 0 atom stereocenters. The fraction of sp³-hybridized carbons (Fsp3) is 0.200. The molecule has 1 aromatic heterocycles. The first kappa shape index (κ1) is 17.4. The van der Waals surface area contributed by atoms with Crippen LogP contribution in [0.5, 0.6) is 0 Å². The second-order valence-electron chi connectivity index (χ2n) is 5.97. The molecule has 0 spiro atoms. The van der Waals surface area contributed by atoms with Crippen LogP contribution in [0, 0.1) is 0 Å². The van der Waals surface area contributed by atoms with Crippen molar-refractivity contribution in [2.75, 3.05) is 7.05 Å². The van der Waals surface area contributed by atoms with Gasteiger partial charge in [0.15, 0.2) is 0 Å². The minimum absolute atomic E-state index is 0.128. The quantitative estimate of drug-likeness (QED) is 0.624. The minimum atomic E-state index is 0.128. The number of nitrogens with zero attached hydrogens (tertiary/aromatic N) is 3. The summed E-state index contributed by atoms with van der Waals surface area (Å²) in [5, 5.41) is 4.37. The van der Waals surface area contributed by atoms with Gasteiger partial charge in [-0.15, -0.1) is 0 Å². The van der Waals surface area contributed by atoms with Crippen LogP contribution in [0.15, 0.2) is 71.5 Å². The average molecular weight is 398 g/mol. The molecule has 0 saturated carbocycles. The van der Waals surface area contributed by atoms with Crippen molar-refractivity contribution in [2.45, 2.75) is 19.4 Å². The van der Waals surface area contributed by atoms with Crippen molar-refractivity contribution >= 4 is 21.8 Å². The summed E-state index contributed by atoms with van der Waals surface area (Å²) in [7, 11) is 1.84. The molecule has 0 aliphatic rings. The van der Waals surface area contributed by atoms with Crippen molar-refractivity contribution in [1.82, 2.24) is 14.7 Å². The van der Waals surface area contributed by atoms with Gasteiger partial charge in [0, 0.05) is 30.7 Å². The molecule has 0 unspecified atom stereocenters. The van der Waals surface area contributed by atoms with E-state index in [0.29, 0.717) is 19.4 Å². The maximum atomic E-state index is 12.4. The average Bonchev–Trinajstić information content (AvgIpc) is 3.11. The number of para-hydroxylation sites is 1. The Morgan fingerprint density at radius 2 is 1.84 bits per heavy atom. The number of hydrogen-bond donors (Lipinski definition) is 0. The van der Waals surface area contributed by atoms with Crippen LogP contribution in [0.25, 0.3) is 5.69 Å². The third kappa shape index (κ3) is 4.57. The summed E-state index contributed by atoms with van der Waals surface area (Å²) >= 11 is 3.53. The maximum absolute atomic E-state index is 12.4. The fourth-order valence-corrected chi connectivity index (χ4v) is 3.03. The second-order valence-corrected chi connectivity index (χ2v) is 6.82. The molecule has 2 aromatic carbocycles. The summed E-state index contributed by atoms with van der Waals surface area (Å²) in [6, 6.07) is 17.9. The summed E-state index contributed by atoms with van der Waals surface area (Å²) in [4.78, 5) is 14.2. The normalized spacial score (nSPS) is 10.6. The lowest BCUT2D eigenvalue weighted by atomic mass is 10.1. The van der Waals surface area contributed by atoms with Crippen molar-refractivity contribution < 1.29 is 4.79 Å². The third-order valence-electron chi connectivity index (χ3n) is 4.08. The number of halogens is 1. The molecule has 0 radical (unpaired) electrons. The minimum Gasteiger partial charge on any atom is -0.341 e. The van der Waals surface area contributed by atoms with Gasteiger partial charge in [0.1, 0.15) is 0 Å². The highest BCUT2D eigenvalue weighted by molar-refractivity contribution is 9.10. The van der Waals surface area contributed by atoms with E-state index < -0.39 is 0 Å². The van der Waals surface area contributed by atoms with E-state index in [1.807, 2.05) is 78.7 Å². The first-order valence-corrected chi connectivity index (χ1v) is 8.99. The Morgan fingerprint density at radius 1 is 1.12 bits per heavy atom. The van der Waals surface area contributed by atoms with E-state index in [1.54, 1.807) is 4.90 Å². The Morgan fingerprint density at radius 3 is 2.60 bits per heavy atom. The third-order valence-corrected chi connectivity index (χ3v) is 4.85. The number of rotatable bonds is 6. The zero-order valence-corrected chi connectivity index (χ0v) is 15.7. The standard InChI is InChI=1S/C20H20BrN3O/c1-23(15-17-7-5-6-10-19(17)21)20(25)12-11-16-13-22-24(14-16)18-8-3-2-4-9-18/h2-10,13-14H,11-12,15H2,1H3. The highest BCUT2D eigenvalue weighted by atomic mass is 79.9. The monoisotopic (exact) mass is 397 g/mol. The van der Waals surface area contributed by atoms with E-state index >= 15 is 0 Å². The molecule has 0 saturated heterocycles. The summed E-state index contributed by atoms with van der Waals surface area (Å²) in [6.45, 7) is 0.601. The van der Waals surface area contributed by atoms with Crippen LogP contribution < -0.4 is 0 Å². The second kappa shape index (κ2) is 8.12. The number of amides is 1. The van der Waals surface area contributed by atoms with Crippen LogP contribution in [0.2, 0.25) is 0 Å². The number of carbonyl (C=O) groups is 1. The van der Waals surface area contributed by atoms with Gasteiger partial charge < -0.3 is 4.90 Å². The molecular formula is C20H20BrN3O. The zero-order chi connectivity index (χ0) is 17.6. The molecule has 128 valence electrons. The number of benzene rings is 2. The summed E-state index contributed by atoms with van der Waals surface area (Å²) < 4.78 is 2.86. The molecule has 4 nitrogen and oxygen atoms in total. The fourth-order valence-electron chi connectivity index (χ4n) is 2.62. The molecule has 1 amide bonds. The molecule has 3 aromatic rings. The first-order chi connectivity index (χ1) is 12.1. The SMILES string of the molecule is CN(Cc1ccccc1Br)C(=O)CCc1cnn(-c2ccccc2)c1. The molecular weight excluding hydrogens is 378 g/mol. The Bertz CT molecular complexity index is 845. The van der Waals surface area contributed by atoms with Gasteiger partial charge in [-0.3, -0.25) is 4.79 Å². The predicted molar refractivity (Wildman–Crippen MR) is 103 cm³/mol. The van der Waals surface area contributed by atoms with Gasteiger partial charge in [-0.25, -0.2) is 4.68 Å². The van der Waals surface area contributed by atoms with Gasteiger partial charge in [0.05, 0.1) is 11.9 Å².